The van der Waals surface area contributed by atoms with Gasteiger partial charge in [0.25, 0.3) is 0 Å². The molecule has 4 rings (SSSR count). The Morgan fingerprint density at radius 3 is 1.38 bits per heavy atom. The molecule has 2 aromatic rings. The summed E-state index contributed by atoms with van der Waals surface area (Å²) in [6.45, 7) is 34.1. The maximum Gasteiger partial charge on any atom is 0.403 e. The summed E-state index contributed by atoms with van der Waals surface area (Å²) in [5, 5.41) is 8.89. The highest BCUT2D eigenvalue weighted by Gasteiger charge is 2.35. The summed E-state index contributed by atoms with van der Waals surface area (Å²) in [6.07, 6.45) is 7.92. The van der Waals surface area contributed by atoms with E-state index in [1.165, 1.54) is 0 Å². The number of ketones is 1. The van der Waals surface area contributed by atoms with Crippen molar-refractivity contribution in [2.75, 3.05) is 73.1 Å². The third-order valence-corrected chi connectivity index (χ3v) is 17.9. The monoisotopic (exact) mass is 1170 g/mol. The van der Waals surface area contributed by atoms with Gasteiger partial charge in [0.1, 0.15) is 53.1 Å². The van der Waals surface area contributed by atoms with Crippen LogP contribution in [0.3, 0.4) is 0 Å². The number of halogens is 1. The maximum atomic E-state index is 12.6. The van der Waals surface area contributed by atoms with Crippen molar-refractivity contribution in [1.29, 1.82) is 0 Å². The molecule has 0 unspecified atom stereocenters. The maximum absolute atomic E-state index is 12.6. The van der Waals surface area contributed by atoms with Crippen molar-refractivity contribution in [2.45, 2.75) is 151 Å². The molecule has 21 heteroatoms. The first-order chi connectivity index (χ1) is 35.5. The third kappa shape index (κ3) is 27.0. The molecule has 2 aromatic carbocycles. The fraction of sp³-hybridized carbons (Fsp3) is 0.625. The normalized spacial score (nSPS) is 13.4. The van der Waals surface area contributed by atoms with E-state index in [4.69, 9.17) is 50.9 Å². The molecule has 0 atom stereocenters. The number of benzene rings is 2. The number of esters is 2. The number of allylic oxidation sites excluding steroid dienone is 4. The van der Waals surface area contributed by atoms with Gasteiger partial charge in [0.2, 0.25) is 0 Å². The van der Waals surface area contributed by atoms with Gasteiger partial charge in [-0.25, -0.2) is 14.4 Å². The molecule has 16 nitrogen and oxygen atoms in total. The van der Waals surface area contributed by atoms with Crippen LogP contribution in [0.1, 0.15) is 114 Å². The van der Waals surface area contributed by atoms with Crippen LogP contribution in [0.5, 0.6) is 23.0 Å². The molecule has 0 fully saturated rings. The average Bonchev–Trinajstić information content (AvgIpc) is 3.90. The number of Topliss-reactive ketones (excluding diaryl/α,β-unsaturated/α-hetero) is 1. The molecule has 0 radical (unpaired) electrons. The van der Waals surface area contributed by atoms with Gasteiger partial charge in [-0.05, 0) is 109 Å². The second kappa shape index (κ2) is 32.8. The summed E-state index contributed by atoms with van der Waals surface area (Å²) < 4.78 is 61.3. The van der Waals surface area contributed by atoms with Crippen LogP contribution in [-0.4, -0.2) is 124 Å². The first-order valence-electron chi connectivity index (χ1n) is 26.2. The predicted octanol–water partition coefficient (Wildman–Crippen LogP) is 13.5. The number of ether oxygens (including phenoxy) is 7. The van der Waals surface area contributed by atoms with E-state index >= 15 is 0 Å². The number of rotatable bonds is 26. The number of nitrogens with two attached hydrogens (primary N) is 1. The summed E-state index contributed by atoms with van der Waals surface area (Å²) in [5.41, 5.74) is 12.5. The Balaban J connectivity index is 0.000000620. The van der Waals surface area contributed by atoms with Crippen LogP contribution in [0, 0.1) is 19.8 Å². The SMILES string of the molecule is CC(C)COC(=O)Cl.COc1c(C)c2c(c(OCC[Si](C)(C)C)c1C/C=C(\C)CCC(=O)CCP(C)(C)=O)C(=O)OC2.COc1c(C)c2c(c(OCC[Si](C)(C)C)c1C/C=C(\C)CCC(=O)O)C(=O)OC2.CP(C)(=O)CN. The second-order valence-corrected chi connectivity index (χ2v) is 42.0. The number of carbonyl (C=O) groups is 5. The molecule has 0 spiro atoms. The Kier molecular flexibility index (Phi) is 30.2. The second-order valence-electron chi connectivity index (χ2n) is 23.3. The fourth-order valence-corrected chi connectivity index (χ4v) is 9.69. The molecule has 0 aliphatic carbocycles. The molecule has 2 aliphatic rings. The van der Waals surface area contributed by atoms with E-state index in [1.54, 1.807) is 40.9 Å². The lowest BCUT2D eigenvalue weighted by Crippen LogP contribution is -2.23. The smallest absolute Gasteiger partial charge is 0.403 e. The molecule has 0 saturated carbocycles. The predicted molar refractivity (Wildman–Crippen MR) is 317 cm³/mol. The van der Waals surface area contributed by atoms with Crippen LogP contribution in [0.4, 0.5) is 4.79 Å². The summed E-state index contributed by atoms with van der Waals surface area (Å²) in [5.74, 6) is 1.52. The van der Waals surface area contributed by atoms with E-state index in [1.807, 2.05) is 47.6 Å². The van der Waals surface area contributed by atoms with Gasteiger partial charge in [-0.2, -0.15) is 0 Å². The van der Waals surface area contributed by atoms with Crippen molar-refractivity contribution in [3.63, 3.8) is 0 Å². The molecule has 2 heterocycles. The number of methoxy groups -OCH3 is 2. The highest BCUT2D eigenvalue weighted by molar-refractivity contribution is 7.62. The Morgan fingerprint density at radius 2 is 1.08 bits per heavy atom. The van der Waals surface area contributed by atoms with E-state index in [-0.39, 0.29) is 37.4 Å². The Labute approximate surface area is 467 Å². The van der Waals surface area contributed by atoms with Crippen molar-refractivity contribution < 1.29 is 71.4 Å². The van der Waals surface area contributed by atoms with Crippen LogP contribution < -0.4 is 24.7 Å². The summed E-state index contributed by atoms with van der Waals surface area (Å²) >= 11 is 4.86. The van der Waals surface area contributed by atoms with Gasteiger partial charge >= 0.3 is 23.3 Å². The van der Waals surface area contributed by atoms with Crippen LogP contribution in [0.2, 0.25) is 51.4 Å². The number of fused-ring (bicyclic) bond motifs is 2. The lowest BCUT2D eigenvalue weighted by atomic mass is 9.94. The van der Waals surface area contributed by atoms with Gasteiger partial charge in [-0.15, -0.1) is 0 Å². The van der Waals surface area contributed by atoms with Crippen LogP contribution in [-0.2, 0) is 59.0 Å². The van der Waals surface area contributed by atoms with Crippen molar-refractivity contribution in [3.05, 3.63) is 67.8 Å². The van der Waals surface area contributed by atoms with Crippen molar-refractivity contribution in [2.24, 2.45) is 11.7 Å². The number of hydrogen-bond donors (Lipinski definition) is 2. The Morgan fingerprint density at radius 1 is 0.688 bits per heavy atom. The zero-order chi connectivity index (χ0) is 59.2. The molecule has 436 valence electrons. The van der Waals surface area contributed by atoms with Crippen molar-refractivity contribution >= 4 is 71.2 Å². The Bertz CT molecular complexity index is 2520. The fourth-order valence-electron chi connectivity index (χ4n) is 7.41. The van der Waals surface area contributed by atoms with Crippen LogP contribution >= 0.6 is 25.9 Å². The van der Waals surface area contributed by atoms with Gasteiger partial charge in [-0.3, -0.25) is 9.59 Å². The van der Waals surface area contributed by atoms with Crippen molar-refractivity contribution in [1.82, 2.24) is 0 Å². The minimum atomic E-state index is -2.17. The molecule has 2 aliphatic heterocycles. The van der Waals surface area contributed by atoms with E-state index in [9.17, 15) is 33.1 Å². The minimum absolute atomic E-state index is 0.0918. The van der Waals surface area contributed by atoms with Crippen molar-refractivity contribution in [3.8, 4) is 23.0 Å². The summed E-state index contributed by atoms with van der Waals surface area (Å²) in [7, 11) is -3.40. The van der Waals surface area contributed by atoms with E-state index in [0.717, 1.165) is 62.4 Å². The van der Waals surface area contributed by atoms with Crippen LogP contribution in [0.25, 0.3) is 0 Å². The third-order valence-electron chi connectivity index (χ3n) is 12.2. The van der Waals surface area contributed by atoms with Gasteiger partial charge < -0.3 is 53.1 Å². The lowest BCUT2D eigenvalue weighted by Gasteiger charge is -2.21. The number of hydrogen-bond acceptors (Lipinski definition) is 15. The molecule has 77 heavy (non-hydrogen) atoms. The van der Waals surface area contributed by atoms with Gasteiger partial charge in [0.15, 0.2) is 0 Å². The number of carboxylic acids is 1. The summed E-state index contributed by atoms with van der Waals surface area (Å²) in [4.78, 5) is 58.0. The zero-order valence-electron chi connectivity index (χ0n) is 49.6. The van der Waals surface area contributed by atoms with E-state index < -0.39 is 41.8 Å². The van der Waals surface area contributed by atoms with E-state index in [2.05, 4.69) is 50.1 Å². The van der Waals surface area contributed by atoms with Crippen LogP contribution in [0.15, 0.2) is 23.3 Å². The zero-order valence-corrected chi connectivity index (χ0v) is 54.1. The van der Waals surface area contributed by atoms with Gasteiger partial charge in [0.05, 0.1) is 48.3 Å². The molecule has 0 amide bonds. The Hall–Kier alpha value is -4.19. The molecule has 3 N–H and O–H groups in total. The molecule has 0 bridgehead atoms. The number of cyclic esters (lactones) is 2. The topological polar surface area (TPSA) is 230 Å². The molecular formula is C56H92ClNO15P2Si2. The molecular weight excluding hydrogens is 1080 g/mol. The first kappa shape index (κ1) is 70.8. The van der Waals surface area contributed by atoms with Gasteiger partial charge in [0, 0.05) is 81.7 Å². The number of carboxylic acid groups (broad SMARTS) is 1. The standard InChI is InChI=1S/C26H41O6PSi.C22H32O6Si.C5H9ClO2.C3H10NOP/c1-18(9-11-20(27)13-15-33(4,5)29)10-12-21-24(30-3)19(2)22-17-32-26(28)23(22)25(21)31-14-16-34(6,7)8;1-14(8-10-18(23)24)7-9-16-20(26-3)15(2)17-13-28-22(25)19(17)21(16)27-11-12-29(4,5)6;1-4(2)3-8-5(6)7;1-6(2,5)3-4/h10H,9,11-17H2,1-8H3;7H,8-13H2,1-6H3,(H,23,24);4H,3H2,1-2H3;3-4H2,1-2H3/b18-10+;14-7+;;. The van der Waals surface area contributed by atoms with E-state index in [0.29, 0.717) is 105 Å². The quantitative estimate of drug-likeness (QED) is 0.0223. The minimum Gasteiger partial charge on any atom is -0.496 e. The van der Waals surface area contributed by atoms with Gasteiger partial charge in [-0.1, -0.05) is 76.4 Å². The molecule has 0 aromatic heterocycles. The lowest BCUT2D eigenvalue weighted by molar-refractivity contribution is -0.137. The number of aliphatic carboxylic acids is 1. The summed E-state index contributed by atoms with van der Waals surface area (Å²) in [6, 6.07) is 1.95. The largest absolute Gasteiger partial charge is 0.496 e. The number of carbonyl (C=O) groups excluding carboxylic acids is 4. The molecule has 0 saturated heterocycles. The first-order valence-corrected chi connectivity index (χ1v) is 39.5. The average molecular weight is 1170 g/mol. The highest BCUT2D eigenvalue weighted by atomic mass is 35.5. The highest BCUT2D eigenvalue weighted by Crippen LogP contribution is 2.45.